The van der Waals surface area contributed by atoms with E-state index in [0.29, 0.717) is 21.6 Å². The lowest BCUT2D eigenvalue weighted by atomic mass is 9.82. The highest BCUT2D eigenvalue weighted by Crippen LogP contribution is 2.55. The number of rotatable bonds is 3. The van der Waals surface area contributed by atoms with Crippen molar-refractivity contribution in [2.75, 3.05) is 0 Å². The summed E-state index contributed by atoms with van der Waals surface area (Å²) in [5.74, 6) is 2.83. The van der Waals surface area contributed by atoms with Crippen molar-refractivity contribution in [3.8, 4) is 45.3 Å². The first-order valence-corrected chi connectivity index (χ1v) is 14.0. The SMILES string of the molecule is CC1(C)c2ccccc2-c2cc3c(cc21)Oc1cc(-c2ccc(C(=N)SC(=N)c4ccccc4)cc2)ccc1O3. The Bertz CT molecular complexity index is 1830. The second-order valence-electron chi connectivity index (χ2n) is 10.6. The number of fused-ring (bicyclic) bond motifs is 5. The molecule has 1 aliphatic carbocycles. The van der Waals surface area contributed by atoms with Crippen molar-refractivity contribution in [2.45, 2.75) is 19.3 Å². The van der Waals surface area contributed by atoms with Crippen molar-refractivity contribution < 1.29 is 9.47 Å². The second-order valence-corrected chi connectivity index (χ2v) is 11.6. The van der Waals surface area contributed by atoms with Crippen molar-refractivity contribution in [1.82, 2.24) is 0 Å². The molecule has 7 rings (SSSR count). The number of hydrogen-bond acceptors (Lipinski definition) is 5. The smallest absolute Gasteiger partial charge is 0.170 e. The Morgan fingerprint density at radius 1 is 0.550 bits per heavy atom. The standard InChI is InChI=1S/C35H26N2O2S/c1-35(2)27-11-7-6-10-25(27)26-19-31-32(20-28(26)35)39-30-18-24(16-17-29(30)38-31)21-12-14-23(15-13-21)34(37)40-33(36)22-8-4-3-5-9-22/h3-20,36-37H,1-2H3. The van der Waals surface area contributed by atoms with Gasteiger partial charge in [0.1, 0.15) is 10.1 Å². The molecular weight excluding hydrogens is 512 g/mol. The van der Waals surface area contributed by atoms with Gasteiger partial charge in [-0.3, -0.25) is 10.8 Å². The average molecular weight is 539 g/mol. The van der Waals surface area contributed by atoms with Crippen molar-refractivity contribution >= 4 is 21.8 Å². The molecule has 1 aliphatic heterocycles. The minimum absolute atomic E-state index is 0.111. The second kappa shape index (κ2) is 9.25. The number of ether oxygens (including phenoxy) is 2. The summed E-state index contributed by atoms with van der Waals surface area (Å²) in [6, 6.07) is 36.2. The third kappa shape index (κ3) is 4.02. The highest BCUT2D eigenvalue weighted by Gasteiger charge is 2.37. The quantitative estimate of drug-likeness (QED) is 0.174. The summed E-state index contributed by atoms with van der Waals surface area (Å²) < 4.78 is 12.7. The lowest BCUT2D eigenvalue weighted by molar-refractivity contribution is 0.359. The summed E-state index contributed by atoms with van der Waals surface area (Å²) in [4.78, 5) is 0. The van der Waals surface area contributed by atoms with Crippen molar-refractivity contribution in [3.63, 3.8) is 0 Å². The van der Waals surface area contributed by atoms with Crippen LogP contribution < -0.4 is 9.47 Å². The normalized spacial score (nSPS) is 13.7. The van der Waals surface area contributed by atoms with Crippen LogP contribution in [-0.4, -0.2) is 10.1 Å². The molecule has 0 fully saturated rings. The van der Waals surface area contributed by atoms with Gasteiger partial charge in [0.25, 0.3) is 0 Å². The molecule has 5 aromatic carbocycles. The maximum Gasteiger partial charge on any atom is 0.170 e. The Morgan fingerprint density at radius 3 is 1.93 bits per heavy atom. The number of benzene rings is 5. The minimum Gasteiger partial charge on any atom is -0.449 e. The summed E-state index contributed by atoms with van der Waals surface area (Å²) in [5.41, 5.74) is 8.51. The summed E-state index contributed by atoms with van der Waals surface area (Å²) in [7, 11) is 0. The molecule has 2 N–H and O–H groups in total. The molecule has 0 saturated carbocycles. The van der Waals surface area contributed by atoms with Crippen LogP contribution in [0.4, 0.5) is 0 Å². The summed E-state index contributed by atoms with van der Waals surface area (Å²) in [6.45, 7) is 4.51. The van der Waals surface area contributed by atoms with Crippen LogP contribution in [0.2, 0.25) is 0 Å². The fourth-order valence-corrected chi connectivity index (χ4v) is 6.29. The van der Waals surface area contributed by atoms with Gasteiger partial charge in [-0.1, -0.05) is 111 Å². The number of thioether (sulfide) groups is 1. The molecule has 0 spiro atoms. The Labute approximate surface area is 237 Å². The molecular formula is C35H26N2O2S. The van der Waals surface area contributed by atoms with Gasteiger partial charge in [0.05, 0.1) is 0 Å². The number of nitrogens with one attached hydrogen (secondary N) is 2. The maximum absolute atomic E-state index is 8.49. The molecule has 0 bridgehead atoms. The lowest BCUT2D eigenvalue weighted by Crippen LogP contribution is -2.15. The predicted octanol–water partition coefficient (Wildman–Crippen LogP) is 9.64. The Balaban J connectivity index is 1.13. The monoisotopic (exact) mass is 538 g/mol. The zero-order valence-corrected chi connectivity index (χ0v) is 22.9. The molecule has 0 atom stereocenters. The molecule has 5 heteroatoms. The maximum atomic E-state index is 8.49. The highest BCUT2D eigenvalue weighted by molar-refractivity contribution is 8.27. The van der Waals surface area contributed by atoms with E-state index in [-0.39, 0.29) is 5.41 Å². The van der Waals surface area contributed by atoms with Crippen molar-refractivity contribution in [1.29, 1.82) is 10.8 Å². The molecule has 194 valence electrons. The van der Waals surface area contributed by atoms with E-state index in [4.69, 9.17) is 20.3 Å². The van der Waals surface area contributed by atoms with Crippen LogP contribution in [0.25, 0.3) is 22.3 Å². The van der Waals surface area contributed by atoms with E-state index in [9.17, 15) is 0 Å². The van der Waals surface area contributed by atoms with E-state index in [1.54, 1.807) is 0 Å². The van der Waals surface area contributed by atoms with Gasteiger partial charge in [0, 0.05) is 16.5 Å². The minimum atomic E-state index is -0.111. The zero-order chi connectivity index (χ0) is 27.4. The van der Waals surface area contributed by atoms with Crippen molar-refractivity contribution in [3.05, 3.63) is 131 Å². The van der Waals surface area contributed by atoms with Crippen LogP contribution in [-0.2, 0) is 5.41 Å². The zero-order valence-electron chi connectivity index (χ0n) is 22.1. The summed E-state index contributed by atoms with van der Waals surface area (Å²) in [5, 5.41) is 17.5. The Kier molecular flexibility index (Phi) is 5.65. The van der Waals surface area contributed by atoms with Gasteiger partial charge in [-0.25, -0.2) is 0 Å². The molecule has 0 unspecified atom stereocenters. The average Bonchev–Trinajstić information content (AvgIpc) is 3.21. The molecule has 40 heavy (non-hydrogen) atoms. The van der Waals surface area contributed by atoms with Gasteiger partial charge in [-0.05, 0) is 57.6 Å². The fraction of sp³-hybridized carbons (Fsp3) is 0.0857. The molecule has 0 radical (unpaired) electrons. The van der Waals surface area contributed by atoms with E-state index < -0.39 is 0 Å². The van der Waals surface area contributed by atoms with Gasteiger partial charge >= 0.3 is 0 Å². The van der Waals surface area contributed by atoms with Gasteiger partial charge in [-0.15, -0.1) is 0 Å². The third-order valence-electron chi connectivity index (χ3n) is 7.75. The van der Waals surface area contributed by atoms with E-state index in [1.807, 2.05) is 72.8 Å². The summed E-state index contributed by atoms with van der Waals surface area (Å²) >= 11 is 1.15. The van der Waals surface area contributed by atoms with Crippen LogP contribution in [0.1, 0.15) is 36.1 Å². The predicted molar refractivity (Wildman–Crippen MR) is 164 cm³/mol. The molecule has 4 nitrogen and oxygen atoms in total. The van der Waals surface area contributed by atoms with Crippen molar-refractivity contribution in [2.24, 2.45) is 0 Å². The van der Waals surface area contributed by atoms with Crippen LogP contribution in [0.5, 0.6) is 23.0 Å². The van der Waals surface area contributed by atoms with E-state index in [1.165, 1.54) is 22.3 Å². The molecule has 0 amide bonds. The molecule has 5 aromatic rings. The first-order chi connectivity index (χ1) is 19.4. The number of hydrogen-bond donors (Lipinski definition) is 2. The Morgan fingerprint density at radius 2 is 1.15 bits per heavy atom. The molecule has 0 aromatic heterocycles. The van der Waals surface area contributed by atoms with Gasteiger partial charge in [-0.2, -0.15) is 0 Å². The lowest BCUT2D eigenvalue weighted by Gasteiger charge is -2.25. The van der Waals surface area contributed by atoms with Crippen LogP contribution in [0.15, 0.2) is 109 Å². The van der Waals surface area contributed by atoms with E-state index in [0.717, 1.165) is 45.5 Å². The molecule has 0 saturated heterocycles. The topological polar surface area (TPSA) is 66.2 Å². The first-order valence-electron chi connectivity index (χ1n) is 13.2. The van der Waals surface area contributed by atoms with Crippen LogP contribution in [0, 0.1) is 10.8 Å². The van der Waals surface area contributed by atoms with Gasteiger partial charge in [0.15, 0.2) is 23.0 Å². The van der Waals surface area contributed by atoms with Gasteiger partial charge < -0.3 is 9.47 Å². The van der Waals surface area contributed by atoms with E-state index >= 15 is 0 Å². The van der Waals surface area contributed by atoms with Crippen LogP contribution >= 0.6 is 11.8 Å². The largest absolute Gasteiger partial charge is 0.449 e. The summed E-state index contributed by atoms with van der Waals surface area (Å²) in [6.07, 6.45) is 0. The van der Waals surface area contributed by atoms with E-state index in [2.05, 4.69) is 50.2 Å². The van der Waals surface area contributed by atoms with Gasteiger partial charge in [0.2, 0.25) is 0 Å². The Hall–Kier alpha value is -4.61. The molecule has 2 aliphatic rings. The molecule has 1 heterocycles. The third-order valence-corrected chi connectivity index (χ3v) is 8.63. The fourth-order valence-electron chi connectivity index (χ4n) is 5.58. The highest BCUT2D eigenvalue weighted by atomic mass is 32.2. The van der Waals surface area contributed by atoms with Crippen LogP contribution in [0.3, 0.4) is 0 Å². The first kappa shape index (κ1) is 24.4.